The number of hydrogen-bond acceptors (Lipinski definition) is 3. The third-order valence-corrected chi connectivity index (χ3v) is 3.39. The van der Waals surface area contributed by atoms with E-state index in [-0.39, 0.29) is 18.1 Å². The lowest BCUT2D eigenvalue weighted by Gasteiger charge is -2.23. The molecule has 0 radical (unpaired) electrons. The third-order valence-electron chi connectivity index (χ3n) is 3.39. The van der Waals surface area contributed by atoms with Gasteiger partial charge in [-0.2, -0.15) is 0 Å². The molecule has 1 rings (SSSR count). The number of hydrogen-bond donors (Lipinski definition) is 1. The predicted molar refractivity (Wildman–Crippen MR) is 82.6 cm³/mol. The smallest absolute Gasteiger partial charge is 0.322 e. The number of carbonyl (C=O) groups excluding carboxylic acids is 1. The van der Waals surface area contributed by atoms with Gasteiger partial charge in [-0.3, -0.25) is 10.1 Å². The first-order valence-electron chi connectivity index (χ1n) is 7.66. The van der Waals surface area contributed by atoms with Crippen LogP contribution in [-0.2, 0) is 9.53 Å². The molecule has 0 aromatic heterocycles. The molecule has 1 aromatic rings. The number of ether oxygens (including phenoxy) is 1. The maximum atomic E-state index is 11.8. The van der Waals surface area contributed by atoms with Crippen LogP contribution in [-0.4, -0.2) is 18.6 Å². The molecule has 2 unspecified atom stereocenters. The number of rotatable bonds is 9. The molecule has 0 spiro atoms. The normalized spacial score (nSPS) is 13.8. The van der Waals surface area contributed by atoms with Crippen LogP contribution in [0.2, 0.25) is 0 Å². The van der Waals surface area contributed by atoms with Crippen molar-refractivity contribution in [3.8, 4) is 0 Å². The van der Waals surface area contributed by atoms with Gasteiger partial charge < -0.3 is 4.74 Å². The van der Waals surface area contributed by atoms with E-state index in [2.05, 4.69) is 24.4 Å². The lowest BCUT2D eigenvalue weighted by molar-refractivity contribution is -0.145. The number of nitrogens with one attached hydrogen (secondary N) is 1. The second-order valence-corrected chi connectivity index (χ2v) is 5.10. The van der Waals surface area contributed by atoms with Crippen LogP contribution in [0.15, 0.2) is 30.3 Å². The fraction of sp³-hybridized carbons (Fsp3) is 0.588. The highest BCUT2D eigenvalue weighted by atomic mass is 16.5. The van der Waals surface area contributed by atoms with Crippen LogP contribution in [0.3, 0.4) is 0 Å². The van der Waals surface area contributed by atoms with Gasteiger partial charge in [0.25, 0.3) is 0 Å². The molecular formula is C17H27NO2. The van der Waals surface area contributed by atoms with E-state index in [0.717, 1.165) is 6.42 Å². The third kappa shape index (κ3) is 5.74. The maximum absolute atomic E-state index is 11.8. The minimum Gasteiger partial charge on any atom is -0.465 e. The first kappa shape index (κ1) is 16.7. The summed E-state index contributed by atoms with van der Waals surface area (Å²) in [6.45, 7) is 6.33. The molecule has 0 amide bonds. The first-order valence-corrected chi connectivity index (χ1v) is 7.66. The first-order chi connectivity index (χ1) is 9.69. The van der Waals surface area contributed by atoms with Crippen molar-refractivity contribution in [3.63, 3.8) is 0 Å². The van der Waals surface area contributed by atoms with Gasteiger partial charge in [0.15, 0.2) is 0 Å². The Bertz CT molecular complexity index is 378. The van der Waals surface area contributed by atoms with Crippen molar-refractivity contribution < 1.29 is 9.53 Å². The van der Waals surface area contributed by atoms with Crippen molar-refractivity contribution in [2.45, 2.75) is 58.5 Å². The fourth-order valence-electron chi connectivity index (χ4n) is 2.27. The van der Waals surface area contributed by atoms with Gasteiger partial charge in [-0.05, 0) is 25.8 Å². The summed E-state index contributed by atoms with van der Waals surface area (Å²) in [5, 5.41) is 3.40. The highest BCUT2D eigenvalue weighted by molar-refractivity contribution is 5.75. The topological polar surface area (TPSA) is 38.3 Å². The highest BCUT2D eigenvalue weighted by Crippen LogP contribution is 2.20. The van der Waals surface area contributed by atoms with Gasteiger partial charge in [0.1, 0.15) is 6.04 Å². The molecule has 3 heteroatoms. The molecule has 0 heterocycles. The summed E-state index contributed by atoms with van der Waals surface area (Å²) in [6, 6.07) is 10.3. The van der Waals surface area contributed by atoms with Crippen LogP contribution in [0.25, 0.3) is 0 Å². The van der Waals surface area contributed by atoms with Crippen molar-refractivity contribution in [1.29, 1.82) is 0 Å². The van der Waals surface area contributed by atoms with Gasteiger partial charge in [0.05, 0.1) is 6.61 Å². The van der Waals surface area contributed by atoms with Gasteiger partial charge in [-0.15, -0.1) is 0 Å². The van der Waals surface area contributed by atoms with Crippen molar-refractivity contribution in [1.82, 2.24) is 5.32 Å². The zero-order chi connectivity index (χ0) is 14.8. The second kappa shape index (κ2) is 9.54. The number of benzene rings is 1. The maximum Gasteiger partial charge on any atom is 0.322 e. The standard InChI is InChI=1S/C17H27NO2/c1-4-6-8-13-16(15-11-9-7-10-12-15)18-14(3)17(19)20-5-2/h7,9-12,14,16,18H,4-6,8,13H2,1-3H3. The highest BCUT2D eigenvalue weighted by Gasteiger charge is 2.19. The van der Waals surface area contributed by atoms with Gasteiger partial charge in [0, 0.05) is 6.04 Å². The predicted octanol–water partition coefficient (Wildman–Crippen LogP) is 3.85. The second-order valence-electron chi connectivity index (χ2n) is 5.10. The van der Waals surface area contributed by atoms with E-state index in [1.807, 2.05) is 32.0 Å². The molecule has 20 heavy (non-hydrogen) atoms. The zero-order valence-electron chi connectivity index (χ0n) is 12.9. The van der Waals surface area contributed by atoms with E-state index in [0.29, 0.717) is 6.61 Å². The molecule has 0 saturated carbocycles. The Morgan fingerprint density at radius 3 is 2.50 bits per heavy atom. The summed E-state index contributed by atoms with van der Waals surface area (Å²) < 4.78 is 5.06. The minimum atomic E-state index is -0.276. The van der Waals surface area contributed by atoms with Crippen molar-refractivity contribution in [2.75, 3.05) is 6.61 Å². The number of unbranched alkanes of at least 4 members (excludes halogenated alkanes) is 2. The van der Waals surface area contributed by atoms with Crippen LogP contribution in [0, 0.1) is 0 Å². The Kier molecular flexibility index (Phi) is 7.97. The molecule has 1 aromatic carbocycles. The molecular weight excluding hydrogens is 250 g/mol. The van der Waals surface area contributed by atoms with Gasteiger partial charge in [-0.1, -0.05) is 56.5 Å². The molecule has 0 bridgehead atoms. The van der Waals surface area contributed by atoms with E-state index in [9.17, 15) is 4.79 Å². The van der Waals surface area contributed by atoms with E-state index in [1.165, 1.54) is 24.8 Å². The quantitative estimate of drug-likeness (QED) is 0.550. The van der Waals surface area contributed by atoms with Crippen LogP contribution >= 0.6 is 0 Å². The Labute approximate surface area is 122 Å². The lowest BCUT2D eigenvalue weighted by Crippen LogP contribution is -2.38. The Morgan fingerprint density at radius 1 is 1.20 bits per heavy atom. The van der Waals surface area contributed by atoms with Crippen molar-refractivity contribution >= 4 is 5.97 Å². The molecule has 3 nitrogen and oxygen atoms in total. The van der Waals surface area contributed by atoms with Crippen LogP contribution in [0.4, 0.5) is 0 Å². The van der Waals surface area contributed by atoms with E-state index in [1.54, 1.807) is 0 Å². The molecule has 112 valence electrons. The molecule has 0 aliphatic heterocycles. The number of carbonyl (C=O) groups is 1. The Morgan fingerprint density at radius 2 is 1.90 bits per heavy atom. The van der Waals surface area contributed by atoms with E-state index in [4.69, 9.17) is 4.74 Å². The summed E-state index contributed by atoms with van der Waals surface area (Å²) in [6.07, 6.45) is 4.63. The van der Waals surface area contributed by atoms with E-state index < -0.39 is 0 Å². The lowest BCUT2D eigenvalue weighted by atomic mass is 9.99. The molecule has 0 aliphatic carbocycles. The summed E-state index contributed by atoms with van der Waals surface area (Å²) in [5.41, 5.74) is 1.24. The SMILES string of the molecule is CCCCCC(NC(C)C(=O)OCC)c1ccccc1. The zero-order valence-corrected chi connectivity index (χ0v) is 12.9. The van der Waals surface area contributed by atoms with E-state index >= 15 is 0 Å². The van der Waals surface area contributed by atoms with Crippen LogP contribution < -0.4 is 5.32 Å². The Balaban J connectivity index is 2.65. The monoisotopic (exact) mass is 277 g/mol. The summed E-state index contributed by atoms with van der Waals surface area (Å²) in [7, 11) is 0. The molecule has 1 N–H and O–H groups in total. The van der Waals surface area contributed by atoms with Gasteiger partial charge >= 0.3 is 5.97 Å². The van der Waals surface area contributed by atoms with Gasteiger partial charge in [-0.25, -0.2) is 0 Å². The minimum absolute atomic E-state index is 0.177. The summed E-state index contributed by atoms with van der Waals surface area (Å²) in [4.78, 5) is 11.8. The average Bonchev–Trinajstić information content (AvgIpc) is 2.47. The average molecular weight is 277 g/mol. The Hall–Kier alpha value is -1.35. The van der Waals surface area contributed by atoms with Crippen LogP contribution in [0.5, 0.6) is 0 Å². The molecule has 2 atom stereocenters. The largest absolute Gasteiger partial charge is 0.465 e. The molecule has 0 fully saturated rings. The molecule has 0 saturated heterocycles. The van der Waals surface area contributed by atoms with Gasteiger partial charge in [0.2, 0.25) is 0 Å². The molecule has 0 aliphatic rings. The number of esters is 1. The summed E-state index contributed by atoms with van der Waals surface area (Å²) >= 11 is 0. The van der Waals surface area contributed by atoms with Crippen molar-refractivity contribution in [2.24, 2.45) is 0 Å². The summed E-state index contributed by atoms with van der Waals surface area (Å²) in [5.74, 6) is -0.177. The van der Waals surface area contributed by atoms with Crippen LogP contribution in [0.1, 0.15) is 58.1 Å². The van der Waals surface area contributed by atoms with Crippen molar-refractivity contribution in [3.05, 3.63) is 35.9 Å². The fourth-order valence-corrected chi connectivity index (χ4v) is 2.27.